The van der Waals surface area contributed by atoms with Crippen molar-refractivity contribution in [1.29, 1.82) is 0 Å². The van der Waals surface area contributed by atoms with Crippen molar-refractivity contribution < 1.29 is 14.3 Å². The quantitative estimate of drug-likeness (QED) is 0.708. The summed E-state index contributed by atoms with van der Waals surface area (Å²) in [6.45, 7) is 3.77. The van der Waals surface area contributed by atoms with Gasteiger partial charge < -0.3 is 9.47 Å². The molecule has 1 aliphatic rings. The molecule has 0 aliphatic carbocycles. The Kier molecular flexibility index (Phi) is 5.40. The van der Waals surface area contributed by atoms with Gasteiger partial charge >= 0.3 is 5.97 Å². The first-order valence-electron chi connectivity index (χ1n) is 7.09. The summed E-state index contributed by atoms with van der Waals surface area (Å²) in [4.78, 5) is 11.7. The van der Waals surface area contributed by atoms with E-state index in [-0.39, 0.29) is 11.9 Å². The standard InChI is InChI=1S/C16H22O3/c1-2-3-9-14-11-19-16(17)15(14)12-18-10-13-7-5-4-6-8-13/h4-8,14-15H,2-3,9-12H2,1H3/t14-,15+/m0/s1. The van der Waals surface area contributed by atoms with Crippen LogP contribution in [0.15, 0.2) is 30.3 Å². The molecule has 0 amide bonds. The summed E-state index contributed by atoms with van der Waals surface area (Å²) < 4.78 is 10.8. The van der Waals surface area contributed by atoms with Crippen molar-refractivity contribution >= 4 is 5.97 Å². The van der Waals surface area contributed by atoms with Gasteiger partial charge in [-0.05, 0) is 12.0 Å². The second-order valence-corrected chi connectivity index (χ2v) is 5.14. The number of benzene rings is 1. The number of hydrogen-bond acceptors (Lipinski definition) is 3. The van der Waals surface area contributed by atoms with Gasteiger partial charge in [-0.15, -0.1) is 0 Å². The molecule has 0 radical (unpaired) electrons. The van der Waals surface area contributed by atoms with Crippen LogP contribution >= 0.6 is 0 Å². The highest BCUT2D eigenvalue weighted by Crippen LogP contribution is 2.27. The highest BCUT2D eigenvalue weighted by molar-refractivity contribution is 5.74. The van der Waals surface area contributed by atoms with Gasteiger partial charge in [0.15, 0.2) is 0 Å². The lowest BCUT2D eigenvalue weighted by atomic mass is 9.91. The number of carbonyl (C=O) groups excluding carboxylic acids is 1. The van der Waals surface area contributed by atoms with E-state index in [2.05, 4.69) is 6.92 Å². The third kappa shape index (κ3) is 4.06. The topological polar surface area (TPSA) is 35.5 Å². The molecule has 19 heavy (non-hydrogen) atoms. The van der Waals surface area contributed by atoms with Crippen molar-refractivity contribution in [3.05, 3.63) is 35.9 Å². The Labute approximate surface area is 114 Å². The first-order chi connectivity index (χ1) is 9.31. The van der Waals surface area contributed by atoms with Crippen LogP contribution in [0, 0.1) is 11.8 Å². The maximum atomic E-state index is 11.7. The minimum absolute atomic E-state index is 0.0738. The molecule has 1 aliphatic heterocycles. The van der Waals surface area contributed by atoms with Crippen molar-refractivity contribution in [2.75, 3.05) is 13.2 Å². The second kappa shape index (κ2) is 7.29. The molecule has 104 valence electrons. The van der Waals surface area contributed by atoms with Crippen molar-refractivity contribution in [3.63, 3.8) is 0 Å². The molecular formula is C16H22O3. The molecule has 0 unspecified atom stereocenters. The average Bonchev–Trinajstić information content (AvgIpc) is 2.79. The van der Waals surface area contributed by atoms with E-state index < -0.39 is 0 Å². The van der Waals surface area contributed by atoms with Crippen LogP contribution in [0.5, 0.6) is 0 Å². The van der Waals surface area contributed by atoms with Crippen LogP contribution in [0.25, 0.3) is 0 Å². The lowest BCUT2D eigenvalue weighted by molar-refractivity contribution is -0.143. The molecule has 3 heteroatoms. The van der Waals surface area contributed by atoms with E-state index in [4.69, 9.17) is 9.47 Å². The van der Waals surface area contributed by atoms with Gasteiger partial charge in [-0.2, -0.15) is 0 Å². The summed E-state index contributed by atoms with van der Waals surface area (Å²) in [6, 6.07) is 10.0. The molecule has 1 heterocycles. The Bertz CT molecular complexity index is 388. The summed E-state index contributed by atoms with van der Waals surface area (Å²) in [6.07, 6.45) is 3.36. The average molecular weight is 262 g/mol. The maximum Gasteiger partial charge on any atom is 0.311 e. The van der Waals surface area contributed by atoms with Crippen LogP contribution in [-0.4, -0.2) is 19.2 Å². The highest BCUT2D eigenvalue weighted by Gasteiger charge is 2.36. The normalized spacial score (nSPS) is 22.5. The lowest BCUT2D eigenvalue weighted by Crippen LogP contribution is -2.22. The first-order valence-corrected chi connectivity index (χ1v) is 7.09. The minimum atomic E-state index is -0.0887. The smallest absolute Gasteiger partial charge is 0.311 e. The summed E-state index contributed by atoms with van der Waals surface area (Å²) in [5, 5.41) is 0. The molecule has 1 fully saturated rings. The van der Waals surface area contributed by atoms with Crippen LogP contribution in [0.4, 0.5) is 0 Å². The Hall–Kier alpha value is -1.35. The number of esters is 1. The van der Waals surface area contributed by atoms with Gasteiger partial charge in [-0.1, -0.05) is 50.1 Å². The second-order valence-electron chi connectivity index (χ2n) is 5.14. The van der Waals surface area contributed by atoms with Gasteiger partial charge in [0.1, 0.15) is 0 Å². The van der Waals surface area contributed by atoms with Gasteiger partial charge in [0.05, 0.1) is 25.7 Å². The van der Waals surface area contributed by atoms with E-state index in [9.17, 15) is 4.79 Å². The monoisotopic (exact) mass is 262 g/mol. The van der Waals surface area contributed by atoms with Crippen LogP contribution in [0.3, 0.4) is 0 Å². The molecule has 2 rings (SSSR count). The Morgan fingerprint density at radius 1 is 1.32 bits per heavy atom. The molecule has 1 saturated heterocycles. The summed E-state index contributed by atoms with van der Waals surface area (Å²) in [7, 11) is 0. The zero-order valence-corrected chi connectivity index (χ0v) is 11.5. The summed E-state index contributed by atoms with van der Waals surface area (Å²) in [5.74, 6) is 0.174. The Morgan fingerprint density at radius 3 is 2.84 bits per heavy atom. The number of hydrogen-bond donors (Lipinski definition) is 0. The van der Waals surface area contributed by atoms with Crippen LogP contribution in [0.2, 0.25) is 0 Å². The molecule has 1 aromatic rings. The van der Waals surface area contributed by atoms with E-state index in [1.807, 2.05) is 30.3 Å². The molecule has 0 spiro atoms. The summed E-state index contributed by atoms with van der Waals surface area (Å²) >= 11 is 0. The molecule has 0 saturated carbocycles. The molecule has 3 nitrogen and oxygen atoms in total. The van der Waals surface area contributed by atoms with Crippen LogP contribution in [-0.2, 0) is 20.9 Å². The van der Waals surface area contributed by atoms with Crippen LogP contribution in [0.1, 0.15) is 31.7 Å². The van der Waals surface area contributed by atoms with Gasteiger partial charge in [0.25, 0.3) is 0 Å². The fourth-order valence-corrected chi connectivity index (χ4v) is 2.44. The number of rotatable bonds is 7. The van der Waals surface area contributed by atoms with Gasteiger partial charge in [0, 0.05) is 5.92 Å². The number of cyclic esters (lactones) is 1. The summed E-state index contributed by atoms with van der Waals surface area (Å²) in [5.41, 5.74) is 1.14. The van der Waals surface area contributed by atoms with Gasteiger partial charge in [-0.3, -0.25) is 4.79 Å². The molecular weight excluding hydrogens is 240 g/mol. The molecule has 0 aromatic heterocycles. The van der Waals surface area contributed by atoms with Crippen molar-refractivity contribution in [3.8, 4) is 0 Å². The lowest BCUT2D eigenvalue weighted by Gasteiger charge is -2.14. The maximum absolute atomic E-state index is 11.7. The third-order valence-electron chi connectivity index (χ3n) is 3.65. The molecule has 0 bridgehead atoms. The SMILES string of the molecule is CCCC[C@H]1COC(=O)[C@@H]1COCc1ccccc1. The predicted molar refractivity (Wildman–Crippen MR) is 73.6 cm³/mol. The first kappa shape index (κ1) is 14.1. The molecule has 2 atom stereocenters. The predicted octanol–water partition coefficient (Wildman–Crippen LogP) is 3.18. The fraction of sp³-hybridized carbons (Fsp3) is 0.562. The van der Waals surface area contributed by atoms with Crippen molar-refractivity contribution in [2.45, 2.75) is 32.8 Å². The largest absolute Gasteiger partial charge is 0.465 e. The Balaban J connectivity index is 1.78. The zero-order chi connectivity index (χ0) is 13.5. The Morgan fingerprint density at radius 2 is 2.11 bits per heavy atom. The van der Waals surface area contributed by atoms with Crippen molar-refractivity contribution in [2.24, 2.45) is 11.8 Å². The number of carbonyl (C=O) groups is 1. The van der Waals surface area contributed by atoms with E-state index in [0.717, 1.165) is 24.8 Å². The van der Waals surface area contributed by atoms with Crippen molar-refractivity contribution in [1.82, 2.24) is 0 Å². The third-order valence-corrected chi connectivity index (χ3v) is 3.65. The number of ether oxygens (including phenoxy) is 2. The van der Waals surface area contributed by atoms with Crippen LogP contribution < -0.4 is 0 Å². The van der Waals surface area contributed by atoms with Gasteiger partial charge in [0.2, 0.25) is 0 Å². The zero-order valence-electron chi connectivity index (χ0n) is 11.5. The molecule has 1 aromatic carbocycles. The minimum Gasteiger partial charge on any atom is -0.465 e. The van der Waals surface area contributed by atoms with E-state index >= 15 is 0 Å². The van der Waals surface area contributed by atoms with E-state index in [0.29, 0.717) is 25.7 Å². The highest BCUT2D eigenvalue weighted by atomic mass is 16.5. The van der Waals surface area contributed by atoms with E-state index in [1.54, 1.807) is 0 Å². The van der Waals surface area contributed by atoms with Gasteiger partial charge in [-0.25, -0.2) is 0 Å². The van der Waals surface area contributed by atoms with E-state index in [1.165, 1.54) is 0 Å². The molecule has 0 N–H and O–H groups in total. The number of unbranched alkanes of at least 4 members (excludes halogenated alkanes) is 1. The fourth-order valence-electron chi connectivity index (χ4n) is 2.44.